The summed E-state index contributed by atoms with van der Waals surface area (Å²) in [6.45, 7) is 4.36. The van der Waals surface area contributed by atoms with Crippen LogP contribution in [0.15, 0.2) is 17.0 Å². The maximum Gasteiger partial charge on any atom is 0.280 e. The second kappa shape index (κ2) is 4.96. The molecule has 2 aliphatic heterocycles. The van der Waals surface area contributed by atoms with Gasteiger partial charge in [-0.05, 0) is 18.6 Å². The molecule has 0 amide bonds. The highest BCUT2D eigenvalue weighted by molar-refractivity contribution is 7.89. The van der Waals surface area contributed by atoms with E-state index < -0.39 is 16.4 Å². The Bertz CT molecular complexity index is 651. The van der Waals surface area contributed by atoms with Crippen molar-refractivity contribution < 1.29 is 17.2 Å². The molecule has 2 fully saturated rings. The van der Waals surface area contributed by atoms with Gasteiger partial charge >= 0.3 is 0 Å². The van der Waals surface area contributed by atoms with Crippen molar-refractivity contribution in [2.75, 3.05) is 26.2 Å². The van der Waals surface area contributed by atoms with E-state index in [0.29, 0.717) is 19.5 Å². The van der Waals surface area contributed by atoms with Crippen LogP contribution in [0.1, 0.15) is 24.7 Å². The lowest BCUT2D eigenvalue weighted by Gasteiger charge is -2.55. The van der Waals surface area contributed by atoms with Crippen molar-refractivity contribution in [1.82, 2.24) is 14.6 Å². The zero-order valence-corrected chi connectivity index (χ0v) is 12.5. The molecule has 3 heterocycles. The van der Waals surface area contributed by atoms with Gasteiger partial charge < -0.3 is 5.32 Å². The molecule has 1 N–H and O–H groups in total. The largest absolute Gasteiger partial charge is 0.315 e. The minimum Gasteiger partial charge on any atom is -0.315 e. The van der Waals surface area contributed by atoms with Gasteiger partial charge in [-0.1, -0.05) is 6.92 Å². The van der Waals surface area contributed by atoms with Gasteiger partial charge in [-0.15, -0.1) is 0 Å². The van der Waals surface area contributed by atoms with Gasteiger partial charge in [0.1, 0.15) is 10.6 Å². The van der Waals surface area contributed by atoms with Gasteiger partial charge in [0.2, 0.25) is 10.0 Å². The van der Waals surface area contributed by atoms with Gasteiger partial charge in [0.25, 0.3) is 6.43 Å². The predicted octanol–water partition coefficient (Wildman–Crippen LogP) is 1.18. The van der Waals surface area contributed by atoms with E-state index in [1.165, 1.54) is 10.4 Å². The first kappa shape index (κ1) is 14.8. The number of aryl methyl sites for hydroxylation is 1. The summed E-state index contributed by atoms with van der Waals surface area (Å²) in [5, 5.41) is 3.14. The molecule has 0 unspecified atom stereocenters. The Balaban J connectivity index is 1.88. The Labute approximate surface area is 122 Å². The highest BCUT2D eigenvalue weighted by Crippen LogP contribution is 2.38. The molecule has 8 heteroatoms. The predicted molar refractivity (Wildman–Crippen MR) is 72.6 cm³/mol. The number of nitrogens with one attached hydrogen (secondary N) is 1. The van der Waals surface area contributed by atoms with Crippen LogP contribution in [-0.2, 0) is 16.4 Å². The van der Waals surface area contributed by atoms with E-state index in [0.717, 1.165) is 19.2 Å². The molecule has 1 spiro atoms. The Morgan fingerprint density at radius 2 is 2.05 bits per heavy atom. The topological polar surface area (TPSA) is 62.3 Å². The number of alkyl halides is 2. The number of hydrogen-bond donors (Lipinski definition) is 1. The summed E-state index contributed by atoms with van der Waals surface area (Å²) in [5.74, 6) is 0. The van der Waals surface area contributed by atoms with Gasteiger partial charge in [0, 0.05) is 31.6 Å². The fourth-order valence-electron chi connectivity index (χ4n) is 2.83. The molecule has 116 valence electrons. The standard InChI is InChI=1S/C13H17F2N3O2S/c1-2-9-11(4-3-10(17-9)12(14)15)21(19,20)18-7-13(8-18)5-16-6-13/h3-4,12,16H,2,5-8H2,1H3. The smallest absolute Gasteiger partial charge is 0.280 e. The zero-order chi connectivity index (χ0) is 15.3. The number of sulfonamides is 1. The van der Waals surface area contributed by atoms with E-state index in [1.54, 1.807) is 6.92 Å². The van der Waals surface area contributed by atoms with Gasteiger partial charge in [-0.2, -0.15) is 4.31 Å². The number of aromatic nitrogens is 1. The summed E-state index contributed by atoms with van der Waals surface area (Å²) in [6.07, 6.45) is -2.39. The van der Waals surface area contributed by atoms with E-state index in [9.17, 15) is 17.2 Å². The summed E-state index contributed by atoms with van der Waals surface area (Å²) in [6, 6.07) is 2.35. The van der Waals surface area contributed by atoms with Crippen LogP contribution in [0.25, 0.3) is 0 Å². The lowest BCUT2D eigenvalue weighted by atomic mass is 9.76. The molecular formula is C13H17F2N3O2S. The third-order valence-electron chi connectivity index (χ3n) is 4.15. The van der Waals surface area contributed by atoms with Gasteiger partial charge in [0.05, 0.1) is 5.69 Å². The Morgan fingerprint density at radius 1 is 1.38 bits per heavy atom. The van der Waals surface area contributed by atoms with Crippen molar-refractivity contribution >= 4 is 10.0 Å². The van der Waals surface area contributed by atoms with Crippen LogP contribution >= 0.6 is 0 Å². The molecule has 0 bridgehead atoms. The molecule has 3 rings (SSSR count). The molecule has 0 atom stereocenters. The molecule has 0 radical (unpaired) electrons. The minimum absolute atomic E-state index is 0.0523. The molecule has 1 aromatic heterocycles. The number of nitrogens with zero attached hydrogens (tertiary/aromatic N) is 2. The van der Waals surface area contributed by atoms with E-state index in [1.807, 2.05) is 0 Å². The first-order valence-corrected chi connectivity index (χ1v) is 8.31. The minimum atomic E-state index is -3.64. The molecule has 2 saturated heterocycles. The quantitative estimate of drug-likeness (QED) is 0.906. The molecule has 21 heavy (non-hydrogen) atoms. The molecule has 5 nitrogen and oxygen atoms in total. The van der Waals surface area contributed by atoms with Gasteiger partial charge in [-0.3, -0.25) is 4.98 Å². The summed E-state index contributed by atoms with van der Waals surface area (Å²) in [4.78, 5) is 3.85. The molecule has 2 aliphatic rings. The maximum absolute atomic E-state index is 12.7. The van der Waals surface area contributed by atoms with Crippen LogP contribution in [0.4, 0.5) is 8.78 Å². The molecular weight excluding hydrogens is 300 g/mol. The second-order valence-corrected chi connectivity index (χ2v) is 7.62. The maximum atomic E-state index is 12.7. The summed E-state index contributed by atoms with van der Waals surface area (Å²) >= 11 is 0. The Hall–Kier alpha value is -1.12. The zero-order valence-electron chi connectivity index (χ0n) is 11.6. The van der Waals surface area contributed by atoms with Gasteiger partial charge in [0.15, 0.2) is 0 Å². The average Bonchev–Trinajstić information content (AvgIpc) is 2.34. The highest BCUT2D eigenvalue weighted by Gasteiger charge is 2.52. The van der Waals surface area contributed by atoms with E-state index >= 15 is 0 Å². The van der Waals surface area contributed by atoms with E-state index in [2.05, 4.69) is 10.3 Å². The number of hydrogen-bond acceptors (Lipinski definition) is 4. The molecule has 0 aliphatic carbocycles. The van der Waals surface area contributed by atoms with E-state index in [4.69, 9.17) is 0 Å². The number of halogens is 2. The Morgan fingerprint density at radius 3 is 2.52 bits per heavy atom. The van der Waals surface area contributed by atoms with Crippen molar-refractivity contribution in [1.29, 1.82) is 0 Å². The van der Waals surface area contributed by atoms with Crippen LogP contribution < -0.4 is 5.32 Å². The summed E-state index contributed by atoms with van der Waals surface area (Å²) in [5.41, 5.74) is -0.0925. The molecule has 0 aromatic carbocycles. The van der Waals surface area contributed by atoms with Crippen LogP contribution in [-0.4, -0.2) is 43.9 Å². The Kier molecular flexibility index (Phi) is 3.50. The first-order valence-electron chi connectivity index (χ1n) is 6.87. The van der Waals surface area contributed by atoms with Crippen molar-refractivity contribution in [3.63, 3.8) is 0 Å². The van der Waals surface area contributed by atoms with Crippen molar-refractivity contribution in [2.45, 2.75) is 24.7 Å². The number of pyridine rings is 1. The average molecular weight is 317 g/mol. The highest BCUT2D eigenvalue weighted by atomic mass is 32.2. The summed E-state index contributed by atoms with van der Waals surface area (Å²) in [7, 11) is -3.64. The van der Waals surface area contributed by atoms with Crippen molar-refractivity contribution in [2.24, 2.45) is 5.41 Å². The second-order valence-electron chi connectivity index (χ2n) is 5.71. The third kappa shape index (κ3) is 2.35. The van der Waals surface area contributed by atoms with Crippen molar-refractivity contribution in [3.8, 4) is 0 Å². The normalized spacial score (nSPS) is 21.3. The third-order valence-corrected chi connectivity index (χ3v) is 6.02. The number of rotatable bonds is 4. The van der Waals surface area contributed by atoms with E-state index in [-0.39, 0.29) is 21.7 Å². The van der Waals surface area contributed by atoms with Crippen LogP contribution in [0.2, 0.25) is 0 Å². The van der Waals surface area contributed by atoms with Crippen molar-refractivity contribution in [3.05, 3.63) is 23.5 Å². The monoisotopic (exact) mass is 317 g/mol. The lowest BCUT2D eigenvalue weighted by molar-refractivity contribution is 0.0164. The summed E-state index contributed by atoms with van der Waals surface area (Å²) < 4.78 is 51.9. The fraction of sp³-hybridized carbons (Fsp3) is 0.615. The van der Waals surface area contributed by atoms with Gasteiger partial charge in [-0.25, -0.2) is 17.2 Å². The molecule has 1 aromatic rings. The van der Waals surface area contributed by atoms with Crippen LogP contribution in [0.5, 0.6) is 0 Å². The molecule has 0 saturated carbocycles. The first-order chi connectivity index (χ1) is 9.88. The fourth-order valence-corrected chi connectivity index (χ4v) is 4.72. The van der Waals surface area contributed by atoms with Crippen LogP contribution in [0.3, 0.4) is 0 Å². The lowest BCUT2D eigenvalue weighted by Crippen LogP contribution is -2.71. The SMILES string of the molecule is CCc1nc(C(F)F)ccc1S(=O)(=O)N1CC2(CNC2)C1. The van der Waals surface area contributed by atoms with Crippen LogP contribution in [0, 0.1) is 5.41 Å².